The smallest absolute Gasteiger partial charge is 0.247 e. The first-order valence-electron chi connectivity index (χ1n) is 7.20. The first-order chi connectivity index (χ1) is 10.5. The van der Waals surface area contributed by atoms with E-state index < -0.39 is 0 Å². The monoisotopic (exact) mass is 302 g/mol. The zero-order valence-corrected chi connectivity index (χ0v) is 13.5. The lowest BCUT2D eigenvalue weighted by atomic mass is 10.2. The second-order valence-corrected chi connectivity index (χ2v) is 4.92. The molecule has 0 atom stereocenters. The van der Waals surface area contributed by atoms with Crippen molar-refractivity contribution in [3.05, 3.63) is 29.8 Å². The molecule has 1 amide bonds. The van der Waals surface area contributed by atoms with Gasteiger partial charge >= 0.3 is 0 Å². The van der Waals surface area contributed by atoms with Crippen molar-refractivity contribution in [1.29, 1.82) is 5.26 Å². The van der Waals surface area contributed by atoms with Crippen LogP contribution < -0.4 is 9.47 Å². The zero-order chi connectivity index (χ0) is 16.5. The van der Waals surface area contributed by atoms with Gasteiger partial charge in [-0.25, -0.2) is 0 Å². The van der Waals surface area contributed by atoms with Crippen molar-refractivity contribution in [2.75, 3.05) is 20.2 Å². The number of carbonyl (C=O) groups is 1. The van der Waals surface area contributed by atoms with Crippen LogP contribution in [0.3, 0.4) is 0 Å². The number of rotatable bonds is 7. The third-order valence-corrected chi connectivity index (χ3v) is 2.92. The maximum Gasteiger partial charge on any atom is 0.247 e. The molecule has 0 saturated heterocycles. The molecule has 0 unspecified atom stereocenters. The van der Waals surface area contributed by atoms with E-state index in [2.05, 4.69) is 0 Å². The lowest BCUT2D eigenvalue weighted by molar-refractivity contribution is -0.125. The summed E-state index contributed by atoms with van der Waals surface area (Å²) < 4.78 is 10.9. The van der Waals surface area contributed by atoms with Crippen molar-refractivity contribution in [1.82, 2.24) is 4.90 Å². The van der Waals surface area contributed by atoms with Gasteiger partial charge in [0, 0.05) is 12.6 Å². The molecule has 0 fully saturated rings. The lowest BCUT2D eigenvalue weighted by Crippen LogP contribution is -2.29. The first-order valence-corrected chi connectivity index (χ1v) is 7.20. The fourth-order valence-electron chi connectivity index (χ4n) is 1.84. The van der Waals surface area contributed by atoms with Gasteiger partial charge in [0.05, 0.1) is 19.3 Å². The highest BCUT2D eigenvalue weighted by atomic mass is 16.5. The van der Waals surface area contributed by atoms with Gasteiger partial charge in [-0.15, -0.1) is 0 Å². The summed E-state index contributed by atoms with van der Waals surface area (Å²) in [4.78, 5) is 13.4. The number of amides is 1. The number of methoxy groups -OCH3 is 1. The fourth-order valence-corrected chi connectivity index (χ4v) is 1.84. The summed E-state index contributed by atoms with van der Waals surface area (Å²) in [5.74, 6) is 1.10. The second kappa shape index (κ2) is 8.73. The van der Waals surface area contributed by atoms with Crippen molar-refractivity contribution in [2.45, 2.75) is 26.9 Å². The summed E-state index contributed by atoms with van der Waals surface area (Å²) in [5.41, 5.74) is 0.828. The average molecular weight is 302 g/mol. The summed E-state index contributed by atoms with van der Waals surface area (Å²) in [5, 5.41) is 8.67. The van der Waals surface area contributed by atoms with E-state index >= 15 is 0 Å². The molecule has 5 nitrogen and oxygen atoms in total. The Morgan fingerprint density at radius 1 is 1.41 bits per heavy atom. The highest BCUT2D eigenvalue weighted by Gasteiger charge is 2.09. The van der Waals surface area contributed by atoms with Gasteiger partial charge in [-0.1, -0.05) is 6.07 Å². The Labute approximate surface area is 131 Å². The van der Waals surface area contributed by atoms with Gasteiger partial charge in [0.2, 0.25) is 5.91 Å². The molecular weight excluding hydrogens is 280 g/mol. The number of hydrogen-bond acceptors (Lipinski definition) is 4. The lowest BCUT2D eigenvalue weighted by Gasteiger charge is -2.15. The molecule has 1 aromatic carbocycles. The molecule has 22 heavy (non-hydrogen) atoms. The Morgan fingerprint density at radius 2 is 2.14 bits per heavy atom. The molecule has 0 aromatic heterocycles. The molecule has 5 heteroatoms. The number of likely N-dealkylation sites (N-methyl/N-ethyl adjacent to an activating group) is 1. The van der Waals surface area contributed by atoms with E-state index in [1.165, 1.54) is 11.0 Å². The number of nitriles is 1. The number of ether oxygens (including phenoxy) is 2. The van der Waals surface area contributed by atoms with Crippen LogP contribution in [0, 0.1) is 11.3 Å². The van der Waals surface area contributed by atoms with E-state index in [4.69, 9.17) is 14.7 Å². The summed E-state index contributed by atoms with van der Waals surface area (Å²) in [6.45, 7) is 6.32. The minimum atomic E-state index is -0.189. The van der Waals surface area contributed by atoms with Crippen LogP contribution in [-0.2, 0) is 4.79 Å². The van der Waals surface area contributed by atoms with Crippen LogP contribution in [-0.4, -0.2) is 37.1 Å². The Hall–Kier alpha value is -2.48. The molecule has 0 radical (unpaired) electrons. The van der Waals surface area contributed by atoms with Gasteiger partial charge in [0.1, 0.15) is 6.54 Å². The predicted octanol–water partition coefficient (Wildman–Crippen LogP) is 2.87. The fraction of sp³-hybridized carbons (Fsp3) is 0.412. The normalized spacial score (nSPS) is 10.5. The molecule has 0 spiro atoms. The zero-order valence-electron chi connectivity index (χ0n) is 13.5. The molecule has 0 aliphatic carbocycles. The third kappa shape index (κ3) is 5.13. The molecule has 0 heterocycles. The van der Waals surface area contributed by atoms with Crippen LogP contribution in [0.1, 0.15) is 26.3 Å². The number of benzene rings is 1. The third-order valence-electron chi connectivity index (χ3n) is 2.92. The first kappa shape index (κ1) is 17.6. The quantitative estimate of drug-likeness (QED) is 0.574. The van der Waals surface area contributed by atoms with Crippen molar-refractivity contribution in [3.63, 3.8) is 0 Å². The number of carbonyl (C=O) groups excluding carboxylic acids is 1. The van der Waals surface area contributed by atoms with Crippen molar-refractivity contribution in [2.24, 2.45) is 0 Å². The maximum absolute atomic E-state index is 11.9. The van der Waals surface area contributed by atoms with E-state index in [0.29, 0.717) is 18.0 Å². The van der Waals surface area contributed by atoms with Gasteiger partial charge in [0.25, 0.3) is 0 Å². The van der Waals surface area contributed by atoms with Gasteiger partial charge in [0.15, 0.2) is 11.5 Å². The topological polar surface area (TPSA) is 62.6 Å². The molecule has 0 bridgehead atoms. The van der Waals surface area contributed by atoms with Crippen LogP contribution in [0.15, 0.2) is 24.3 Å². The van der Waals surface area contributed by atoms with E-state index in [1.54, 1.807) is 13.2 Å². The number of nitrogens with zero attached hydrogens (tertiary/aromatic N) is 2. The predicted molar refractivity (Wildman–Crippen MR) is 85.7 cm³/mol. The maximum atomic E-state index is 11.9. The molecule has 0 saturated carbocycles. The highest BCUT2D eigenvalue weighted by molar-refractivity contribution is 5.92. The van der Waals surface area contributed by atoms with Gasteiger partial charge in [-0.3, -0.25) is 4.79 Å². The molecule has 1 rings (SSSR count). The van der Waals surface area contributed by atoms with Crippen LogP contribution in [0.25, 0.3) is 6.08 Å². The minimum absolute atomic E-state index is 0.0564. The summed E-state index contributed by atoms with van der Waals surface area (Å²) in [6, 6.07) is 7.45. The summed E-state index contributed by atoms with van der Waals surface area (Å²) >= 11 is 0. The summed E-state index contributed by atoms with van der Waals surface area (Å²) in [6.07, 6.45) is 3.21. The SMILES string of the molecule is CCN(CC#N)C(=O)/C=C\c1ccc(OC(C)C)c(OC)c1. The second-order valence-electron chi connectivity index (χ2n) is 4.92. The van der Waals surface area contributed by atoms with E-state index in [9.17, 15) is 4.79 Å². The van der Waals surface area contributed by atoms with Crippen molar-refractivity contribution < 1.29 is 14.3 Å². The van der Waals surface area contributed by atoms with Crippen LogP contribution in [0.2, 0.25) is 0 Å². The Kier molecular flexibility index (Phi) is 6.97. The van der Waals surface area contributed by atoms with E-state index in [0.717, 1.165) is 5.56 Å². The molecule has 0 aliphatic heterocycles. The van der Waals surface area contributed by atoms with Gasteiger partial charge in [-0.2, -0.15) is 5.26 Å². The van der Waals surface area contributed by atoms with Gasteiger partial charge in [-0.05, 0) is 44.5 Å². The Morgan fingerprint density at radius 3 is 2.68 bits per heavy atom. The summed E-state index contributed by atoms with van der Waals surface area (Å²) in [7, 11) is 1.58. The van der Waals surface area contributed by atoms with E-state index in [-0.39, 0.29) is 18.6 Å². The number of hydrogen-bond donors (Lipinski definition) is 0. The molecule has 0 aliphatic rings. The van der Waals surface area contributed by atoms with Crippen LogP contribution in [0.5, 0.6) is 11.5 Å². The molecule has 1 aromatic rings. The van der Waals surface area contributed by atoms with Crippen LogP contribution in [0.4, 0.5) is 0 Å². The van der Waals surface area contributed by atoms with Crippen molar-refractivity contribution in [3.8, 4) is 17.6 Å². The Bertz CT molecular complexity index is 574. The van der Waals surface area contributed by atoms with Gasteiger partial charge < -0.3 is 14.4 Å². The average Bonchev–Trinajstić information content (AvgIpc) is 2.50. The van der Waals surface area contributed by atoms with Crippen molar-refractivity contribution >= 4 is 12.0 Å². The largest absolute Gasteiger partial charge is 0.493 e. The molecular formula is C17H22N2O3. The Balaban J connectivity index is 2.88. The van der Waals surface area contributed by atoms with Crippen LogP contribution >= 0.6 is 0 Å². The molecule has 0 N–H and O–H groups in total. The minimum Gasteiger partial charge on any atom is -0.493 e. The van der Waals surface area contributed by atoms with E-state index in [1.807, 2.05) is 45.0 Å². The highest BCUT2D eigenvalue weighted by Crippen LogP contribution is 2.29. The molecule has 118 valence electrons. The standard InChI is InChI=1S/C17H22N2O3/c1-5-19(11-10-18)17(20)9-7-14-6-8-15(22-13(2)3)16(12-14)21-4/h6-9,12-13H,5,11H2,1-4H3/b9-7-.